The summed E-state index contributed by atoms with van der Waals surface area (Å²) in [4.78, 5) is 21.5. The maximum Gasteiger partial charge on any atom is 0.303 e. The minimum Gasteiger partial charge on any atom is -0.481 e. The molecular formula is C14H26O3. The van der Waals surface area contributed by atoms with Gasteiger partial charge in [0.15, 0.2) is 0 Å². The van der Waals surface area contributed by atoms with E-state index in [4.69, 9.17) is 5.11 Å². The summed E-state index contributed by atoms with van der Waals surface area (Å²) in [5, 5.41) is 8.63. The monoisotopic (exact) mass is 242 g/mol. The van der Waals surface area contributed by atoms with Gasteiger partial charge in [-0.15, -0.1) is 0 Å². The van der Waals surface area contributed by atoms with Gasteiger partial charge in [-0.2, -0.15) is 0 Å². The van der Waals surface area contributed by atoms with Crippen LogP contribution in [0.1, 0.15) is 65.7 Å². The molecule has 0 bridgehead atoms. The Kier molecular flexibility index (Phi) is 8.73. The molecule has 0 aliphatic carbocycles. The highest BCUT2D eigenvalue weighted by atomic mass is 16.4. The maximum atomic E-state index is 11.0. The van der Waals surface area contributed by atoms with E-state index in [1.54, 1.807) is 6.92 Å². The van der Waals surface area contributed by atoms with Gasteiger partial charge in [-0.25, -0.2) is 0 Å². The van der Waals surface area contributed by atoms with Crippen LogP contribution in [0, 0.1) is 11.8 Å². The summed E-state index contributed by atoms with van der Waals surface area (Å²) in [5.41, 5.74) is 0. The molecule has 0 aromatic rings. The zero-order chi connectivity index (χ0) is 13.3. The van der Waals surface area contributed by atoms with Gasteiger partial charge in [0.25, 0.3) is 0 Å². The number of unbranched alkanes of at least 4 members (excludes halogenated alkanes) is 1. The first kappa shape index (κ1) is 16.1. The Morgan fingerprint density at radius 1 is 1.12 bits per heavy atom. The molecule has 100 valence electrons. The highest BCUT2D eigenvalue weighted by Gasteiger charge is 2.10. The van der Waals surface area contributed by atoms with Crippen molar-refractivity contribution in [3.63, 3.8) is 0 Å². The third-order valence-corrected chi connectivity index (χ3v) is 3.24. The molecule has 17 heavy (non-hydrogen) atoms. The van der Waals surface area contributed by atoms with Gasteiger partial charge in [-0.05, 0) is 18.8 Å². The fourth-order valence-corrected chi connectivity index (χ4v) is 2.18. The maximum absolute atomic E-state index is 11.0. The lowest BCUT2D eigenvalue weighted by Gasteiger charge is -2.13. The molecule has 3 nitrogen and oxygen atoms in total. The van der Waals surface area contributed by atoms with E-state index >= 15 is 0 Å². The number of carboxylic acid groups (broad SMARTS) is 1. The van der Waals surface area contributed by atoms with Crippen molar-refractivity contribution in [2.75, 3.05) is 0 Å². The van der Waals surface area contributed by atoms with Gasteiger partial charge < -0.3 is 9.90 Å². The van der Waals surface area contributed by atoms with Gasteiger partial charge >= 0.3 is 5.97 Å². The SMILES string of the molecule is CCC(CCCCC(C)CC(=O)O)CC(C)=O. The zero-order valence-corrected chi connectivity index (χ0v) is 11.4. The second-order valence-corrected chi connectivity index (χ2v) is 5.17. The minimum absolute atomic E-state index is 0.264. The predicted molar refractivity (Wildman–Crippen MR) is 69.0 cm³/mol. The van der Waals surface area contributed by atoms with E-state index in [-0.39, 0.29) is 18.1 Å². The fraction of sp³-hybridized carbons (Fsp3) is 0.857. The number of carboxylic acids is 1. The molecule has 0 amide bonds. The highest BCUT2D eigenvalue weighted by molar-refractivity contribution is 5.75. The van der Waals surface area contributed by atoms with Crippen LogP contribution in [-0.4, -0.2) is 16.9 Å². The Morgan fingerprint density at radius 2 is 1.71 bits per heavy atom. The molecule has 2 atom stereocenters. The average molecular weight is 242 g/mol. The van der Waals surface area contributed by atoms with Gasteiger partial charge in [0.2, 0.25) is 0 Å². The Hall–Kier alpha value is -0.860. The van der Waals surface area contributed by atoms with Crippen LogP contribution in [0.3, 0.4) is 0 Å². The first-order valence-corrected chi connectivity index (χ1v) is 6.66. The number of hydrogen-bond acceptors (Lipinski definition) is 2. The fourth-order valence-electron chi connectivity index (χ4n) is 2.18. The van der Waals surface area contributed by atoms with Crippen LogP contribution < -0.4 is 0 Å². The van der Waals surface area contributed by atoms with Crippen LogP contribution >= 0.6 is 0 Å². The van der Waals surface area contributed by atoms with Crippen molar-refractivity contribution in [3.05, 3.63) is 0 Å². The quantitative estimate of drug-likeness (QED) is 0.595. The van der Waals surface area contributed by atoms with Crippen LogP contribution in [0.25, 0.3) is 0 Å². The van der Waals surface area contributed by atoms with Gasteiger partial charge in [0, 0.05) is 12.8 Å². The molecule has 0 aromatic carbocycles. The Balaban J connectivity index is 3.61. The van der Waals surface area contributed by atoms with Gasteiger partial charge in [-0.1, -0.05) is 46.0 Å². The van der Waals surface area contributed by atoms with Crippen molar-refractivity contribution in [3.8, 4) is 0 Å². The summed E-state index contributed by atoms with van der Waals surface area (Å²) in [6, 6.07) is 0. The molecule has 0 radical (unpaired) electrons. The number of carbonyl (C=O) groups is 2. The summed E-state index contributed by atoms with van der Waals surface area (Å²) in [6.07, 6.45) is 6.27. The number of hydrogen-bond donors (Lipinski definition) is 1. The normalized spacial score (nSPS) is 14.3. The van der Waals surface area contributed by atoms with E-state index in [1.165, 1.54) is 0 Å². The van der Waals surface area contributed by atoms with Crippen molar-refractivity contribution >= 4 is 11.8 Å². The lowest BCUT2D eigenvalue weighted by molar-refractivity contribution is -0.138. The standard InChI is InChI=1S/C14H26O3/c1-4-13(10-12(3)15)8-6-5-7-11(2)9-14(16)17/h11,13H,4-10H2,1-3H3,(H,16,17). The van der Waals surface area contributed by atoms with Gasteiger partial charge in [0.1, 0.15) is 5.78 Å². The third kappa shape index (κ3) is 10.0. The van der Waals surface area contributed by atoms with Crippen LogP contribution in [0.5, 0.6) is 0 Å². The zero-order valence-electron chi connectivity index (χ0n) is 11.4. The molecule has 0 fully saturated rings. The third-order valence-electron chi connectivity index (χ3n) is 3.24. The molecule has 0 aromatic heterocycles. The summed E-state index contributed by atoms with van der Waals surface area (Å²) >= 11 is 0. The summed E-state index contributed by atoms with van der Waals surface area (Å²) in [5.74, 6) is 0.347. The van der Waals surface area contributed by atoms with E-state index < -0.39 is 5.97 Å². The molecule has 3 heteroatoms. The van der Waals surface area contributed by atoms with E-state index in [9.17, 15) is 9.59 Å². The summed E-state index contributed by atoms with van der Waals surface area (Å²) < 4.78 is 0. The number of Topliss-reactive ketones (excluding diaryl/α,β-unsaturated/α-hetero) is 1. The van der Waals surface area contributed by atoms with Crippen LogP contribution in [-0.2, 0) is 9.59 Å². The molecule has 1 N–H and O–H groups in total. The summed E-state index contributed by atoms with van der Waals surface area (Å²) in [6.45, 7) is 5.76. The second kappa shape index (κ2) is 9.20. The Labute approximate surface area is 105 Å². The molecule has 0 saturated heterocycles. The number of ketones is 1. The molecule has 0 heterocycles. The van der Waals surface area contributed by atoms with Crippen molar-refractivity contribution in [1.82, 2.24) is 0 Å². The Bertz CT molecular complexity index is 236. The topological polar surface area (TPSA) is 54.4 Å². The van der Waals surface area contributed by atoms with Crippen LogP contribution in [0.2, 0.25) is 0 Å². The van der Waals surface area contributed by atoms with Crippen molar-refractivity contribution < 1.29 is 14.7 Å². The van der Waals surface area contributed by atoms with Gasteiger partial charge in [-0.3, -0.25) is 4.79 Å². The van der Waals surface area contributed by atoms with Crippen molar-refractivity contribution in [2.24, 2.45) is 11.8 Å². The molecule has 0 rings (SSSR count). The highest BCUT2D eigenvalue weighted by Crippen LogP contribution is 2.19. The molecule has 0 saturated carbocycles. The van der Waals surface area contributed by atoms with E-state index in [2.05, 4.69) is 6.92 Å². The lowest BCUT2D eigenvalue weighted by Crippen LogP contribution is -2.06. The molecular weight excluding hydrogens is 216 g/mol. The summed E-state index contributed by atoms with van der Waals surface area (Å²) in [7, 11) is 0. The van der Waals surface area contributed by atoms with E-state index in [0.29, 0.717) is 12.3 Å². The van der Waals surface area contributed by atoms with Crippen LogP contribution in [0.4, 0.5) is 0 Å². The Morgan fingerprint density at radius 3 is 2.18 bits per heavy atom. The van der Waals surface area contributed by atoms with Crippen molar-refractivity contribution in [2.45, 2.75) is 65.7 Å². The minimum atomic E-state index is -0.708. The first-order valence-electron chi connectivity index (χ1n) is 6.66. The van der Waals surface area contributed by atoms with E-state index in [0.717, 1.165) is 32.1 Å². The number of rotatable bonds is 10. The van der Waals surface area contributed by atoms with Gasteiger partial charge in [0.05, 0.1) is 0 Å². The largest absolute Gasteiger partial charge is 0.481 e. The molecule has 0 spiro atoms. The smallest absolute Gasteiger partial charge is 0.303 e. The average Bonchev–Trinajstić information content (AvgIpc) is 2.20. The van der Waals surface area contributed by atoms with E-state index in [1.807, 2.05) is 6.92 Å². The molecule has 0 aliphatic rings. The lowest BCUT2D eigenvalue weighted by atomic mass is 9.92. The van der Waals surface area contributed by atoms with Crippen LogP contribution in [0.15, 0.2) is 0 Å². The molecule has 0 aliphatic heterocycles. The first-order chi connectivity index (χ1) is 7.95. The van der Waals surface area contributed by atoms with Crippen molar-refractivity contribution in [1.29, 1.82) is 0 Å². The molecule has 2 unspecified atom stereocenters. The number of carbonyl (C=O) groups excluding carboxylic acids is 1. The second-order valence-electron chi connectivity index (χ2n) is 5.17. The number of aliphatic carboxylic acids is 1. The predicted octanol–water partition coefficient (Wildman–Crippen LogP) is 3.66.